The van der Waals surface area contributed by atoms with Crippen LogP contribution in [-0.2, 0) is 23.9 Å². The molecule has 0 aromatic carbocycles. The summed E-state index contributed by atoms with van der Waals surface area (Å²) in [5.41, 5.74) is -1.42. The van der Waals surface area contributed by atoms with Crippen LogP contribution in [0.3, 0.4) is 0 Å². The number of ether oxygens (including phenoxy) is 2. The molecule has 0 aliphatic heterocycles. The molecule has 0 aromatic heterocycles. The van der Waals surface area contributed by atoms with E-state index in [1.807, 2.05) is 0 Å². The van der Waals surface area contributed by atoms with E-state index in [-0.39, 0.29) is 18.4 Å². The second kappa shape index (κ2) is 6.52. The molecule has 1 unspecified atom stereocenters. The molecule has 0 amide bonds. The maximum absolute atomic E-state index is 12.1. The minimum absolute atomic E-state index is 0.225. The van der Waals surface area contributed by atoms with Gasteiger partial charge in [-0.25, -0.2) is 0 Å². The molecule has 0 fully saturated rings. The quantitative estimate of drug-likeness (QED) is 0.557. The lowest BCUT2D eigenvalue weighted by atomic mass is 9.75. The molecule has 0 saturated carbocycles. The molecule has 0 N–H and O–H groups in total. The second-order valence-corrected chi connectivity index (χ2v) is 4.81. The Morgan fingerprint density at radius 1 is 1.06 bits per heavy atom. The van der Waals surface area contributed by atoms with Crippen LogP contribution in [0.1, 0.15) is 48.0 Å². The fourth-order valence-electron chi connectivity index (χ4n) is 1.79. The molecule has 0 aromatic rings. The maximum atomic E-state index is 12.1. The zero-order valence-electron chi connectivity index (χ0n) is 11.9. The zero-order valence-corrected chi connectivity index (χ0v) is 11.9. The molecule has 5 heteroatoms. The Morgan fingerprint density at radius 3 is 1.83 bits per heavy atom. The van der Waals surface area contributed by atoms with E-state index in [4.69, 9.17) is 4.74 Å². The Labute approximate surface area is 108 Å². The number of carbonyl (C=O) groups excluding carboxylic acids is 3. The summed E-state index contributed by atoms with van der Waals surface area (Å²) >= 11 is 0. The Bertz CT molecular complexity index is 332. The highest BCUT2D eigenvalue weighted by molar-refractivity contribution is 6.03. The predicted molar refractivity (Wildman–Crippen MR) is 65.6 cm³/mol. The van der Waals surface area contributed by atoms with Crippen LogP contribution < -0.4 is 0 Å². The van der Waals surface area contributed by atoms with Gasteiger partial charge in [-0.05, 0) is 26.2 Å². The Kier molecular flexibility index (Phi) is 6.01. The first-order valence-electron chi connectivity index (χ1n) is 6.12. The van der Waals surface area contributed by atoms with Gasteiger partial charge in [-0.1, -0.05) is 20.8 Å². The summed E-state index contributed by atoms with van der Waals surface area (Å²) in [6, 6.07) is 0. The predicted octanol–water partition coefficient (Wildman–Crippen LogP) is 2.08. The lowest BCUT2D eigenvalue weighted by Crippen LogP contribution is -2.46. The summed E-state index contributed by atoms with van der Waals surface area (Å²) in [6.07, 6.45) is -0.102. The molecule has 104 valence electrons. The van der Waals surface area contributed by atoms with Gasteiger partial charge in [0.05, 0.1) is 6.10 Å². The maximum Gasteiger partial charge on any atom is 0.331 e. The van der Waals surface area contributed by atoms with Crippen LogP contribution in [0.15, 0.2) is 0 Å². The van der Waals surface area contributed by atoms with Gasteiger partial charge in [-0.2, -0.15) is 0 Å². The first-order valence-corrected chi connectivity index (χ1v) is 6.12. The van der Waals surface area contributed by atoms with Crippen molar-refractivity contribution in [1.29, 1.82) is 0 Å². The minimum Gasteiger partial charge on any atom is -0.462 e. The molecule has 0 spiro atoms. The molecular formula is C13H22O5. The molecule has 5 nitrogen and oxygen atoms in total. The third-order valence-corrected chi connectivity index (χ3v) is 2.85. The van der Waals surface area contributed by atoms with Gasteiger partial charge in [0.25, 0.3) is 0 Å². The molecule has 1 atom stereocenters. The van der Waals surface area contributed by atoms with Gasteiger partial charge in [0.2, 0.25) is 0 Å². The van der Waals surface area contributed by atoms with Gasteiger partial charge >= 0.3 is 17.9 Å². The summed E-state index contributed by atoms with van der Waals surface area (Å²) in [5, 5.41) is 0. The van der Waals surface area contributed by atoms with E-state index in [0.717, 1.165) is 6.92 Å². The molecule has 0 bridgehead atoms. The van der Waals surface area contributed by atoms with Crippen LogP contribution in [-0.4, -0.2) is 24.0 Å². The molecule has 18 heavy (non-hydrogen) atoms. The van der Waals surface area contributed by atoms with Crippen molar-refractivity contribution >= 4 is 17.9 Å². The number of hydrogen-bond acceptors (Lipinski definition) is 5. The van der Waals surface area contributed by atoms with Crippen LogP contribution in [0.5, 0.6) is 0 Å². The zero-order chi connectivity index (χ0) is 14.5. The average Bonchev–Trinajstić information content (AvgIpc) is 2.15. The summed E-state index contributed by atoms with van der Waals surface area (Å²) in [5.74, 6) is -2.52. The van der Waals surface area contributed by atoms with Crippen molar-refractivity contribution in [2.45, 2.75) is 54.1 Å². The normalized spacial score (nSPS) is 14.2. The van der Waals surface area contributed by atoms with Gasteiger partial charge in [0.1, 0.15) is 0 Å². The number of carbonyl (C=O) groups is 3. The van der Waals surface area contributed by atoms with Crippen molar-refractivity contribution in [2.24, 2.45) is 11.3 Å². The molecule has 0 radical (unpaired) electrons. The highest BCUT2D eigenvalue weighted by Crippen LogP contribution is 2.35. The molecule has 0 rings (SSSR count). The summed E-state index contributed by atoms with van der Waals surface area (Å²) in [4.78, 5) is 35.1. The average molecular weight is 258 g/mol. The largest absolute Gasteiger partial charge is 0.462 e. The first-order chi connectivity index (χ1) is 8.18. The third-order valence-electron chi connectivity index (χ3n) is 2.85. The van der Waals surface area contributed by atoms with E-state index in [1.54, 1.807) is 34.6 Å². The smallest absolute Gasteiger partial charge is 0.331 e. The summed E-state index contributed by atoms with van der Waals surface area (Å²) in [6.45, 7) is 9.69. The van der Waals surface area contributed by atoms with Gasteiger partial charge < -0.3 is 9.47 Å². The standard InChI is InChI=1S/C13H22O5/c1-7-13(8(2)3,11(15)17-9(4)5)12(16)18-10(6)14/h8-9H,7H2,1-6H3. The molecule has 0 heterocycles. The minimum atomic E-state index is -1.42. The summed E-state index contributed by atoms with van der Waals surface area (Å²) < 4.78 is 9.71. The number of esters is 3. The van der Waals surface area contributed by atoms with Crippen molar-refractivity contribution in [3.05, 3.63) is 0 Å². The van der Waals surface area contributed by atoms with E-state index in [2.05, 4.69) is 4.74 Å². The lowest BCUT2D eigenvalue weighted by molar-refractivity contribution is -0.181. The Hall–Kier alpha value is -1.39. The van der Waals surface area contributed by atoms with Crippen LogP contribution in [0.4, 0.5) is 0 Å². The van der Waals surface area contributed by atoms with Gasteiger partial charge in [-0.3, -0.25) is 14.4 Å². The van der Waals surface area contributed by atoms with Crippen LogP contribution >= 0.6 is 0 Å². The van der Waals surface area contributed by atoms with E-state index in [9.17, 15) is 14.4 Å². The molecular weight excluding hydrogens is 236 g/mol. The first kappa shape index (κ1) is 16.6. The monoisotopic (exact) mass is 258 g/mol. The van der Waals surface area contributed by atoms with Crippen molar-refractivity contribution in [3.8, 4) is 0 Å². The number of rotatable bonds is 5. The van der Waals surface area contributed by atoms with E-state index < -0.39 is 23.3 Å². The van der Waals surface area contributed by atoms with Crippen molar-refractivity contribution in [3.63, 3.8) is 0 Å². The lowest BCUT2D eigenvalue weighted by Gasteiger charge is -2.31. The number of hydrogen-bond donors (Lipinski definition) is 0. The van der Waals surface area contributed by atoms with Gasteiger partial charge in [-0.15, -0.1) is 0 Å². The fourth-order valence-corrected chi connectivity index (χ4v) is 1.79. The SMILES string of the molecule is CCC(C(=O)OC(C)=O)(C(=O)OC(C)C)C(C)C. The van der Waals surface area contributed by atoms with Crippen LogP contribution in [0.2, 0.25) is 0 Å². The Morgan fingerprint density at radius 2 is 1.56 bits per heavy atom. The Balaban J connectivity index is 5.34. The topological polar surface area (TPSA) is 69.7 Å². The molecule has 0 saturated heterocycles. The van der Waals surface area contributed by atoms with Gasteiger partial charge in [0.15, 0.2) is 5.41 Å². The fraction of sp³-hybridized carbons (Fsp3) is 0.769. The highest BCUT2D eigenvalue weighted by Gasteiger charge is 2.51. The van der Waals surface area contributed by atoms with E-state index >= 15 is 0 Å². The van der Waals surface area contributed by atoms with Gasteiger partial charge in [0, 0.05) is 6.92 Å². The molecule has 0 aliphatic rings. The van der Waals surface area contributed by atoms with E-state index in [0.29, 0.717) is 0 Å². The molecule has 0 aliphatic carbocycles. The van der Waals surface area contributed by atoms with Crippen LogP contribution in [0, 0.1) is 11.3 Å². The van der Waals surface area contributed by atoms with E-state index in [1.165, 1.54) is 0 Å². The highest BCUT2D eigenvalue weighted by atomic mass is 16.6. The van der Waals surface area contributed by atoms with Crippen molar-refractivity contribution in [1.82, 2.24) is 0 Å². The second-order valence-electron chi connectivity index (χ2n) is 4.81. The van der Waals surface area contributed by atoms with Crippen molar-refractivity contribution in [2.75, 3.05) is 0 Å². The van der Waals surface area contributed by atoms with Crippen molar-refractivity contribution < 1.29 is 23.9 Å². The third kappa shape index (κ3) is 3.55. The summed E-state index contributed by atoms with van der Waals surface area (Å²) in [7, 11) is 0. The van der Waals surface area contributed by atoms with Crippen LogP contribution in [0.25, 0.3) is 0 Å².